The molecule has 26 heavy (non-hydrogen) atoms. The maximum atomic E-state index is 13.2. The lowest BCUT2D eigenvalue weighted by atomic mass is 10.1. The van der Waals surface area contributed by atoms with E-state index >= 15 is 0 Å². The number of aryl methyl sites for hydroxylation is 1. The second-order valence-corrected chi connectivity index (χ2v) is 8.63. The molecule has 1 aliphatic heterocycles. The van der Waals surface area contributed by atoms with Crippen LogP contribution in [0.2, 0.25) is 0 Å². The highest BCUT2D eigenvalue weighted by molar-refractivity contribution is 7.91. The van der Waals surface area contributed by atoms with Crippen molar-refractivity contribution in [2.75, 3.05) is 18.1 Å². The number of hydrogen-bond acceptors (Lipinski definition) is 5. The fourth-order valence-electron chi connectivity index (χ4n) is 3.35. The molecule has 0 unspecified atom stereocenters. The molecule has 0 spiro atoms. The second kappa shape index (κ2) is 6.28. The highest BCUT2D eigenvalue weighted by Gasteiger charge is 2.37. The SMILES string of the molecule is CCn1cc([C@H]2CS(=O)(=O)CCN2C(=O)c2coc3ccccc23)cn1. The number of amides is 1. The van der Waals surface area contributed by atoms with Crippen molar-refractivity contribution in [3.63, 3.8) is 0 Å². The van der Waals surface area contributed by atoms with Gasteiger partial charge in [-0.1, -0.05) is 18.2 Å². The van der Waals surface area contributed by atoms with Crippen LogP contribution in [0.3, 0.4) is 0 Å². The Morgan fingerprint density at radius 3 is 2.92 bits per heavy atom. The molecule has 1 saturated heterocycles. The summed E-state index contributed by atoms with van der Waals surface area (Å²) in [6, 6.07) is 6.77. The van der Waals surface area contributed by atoms with Gasteiger partial charge in [-0.15, -0.1) is 0 Å². The number of nitrogens with zero attached hydrogens (tertiary/aromatic N) is 3. The molecule has 3 aromatic rings. The van der Waals surface area contributed by atoms with Crippen LogP contribution < -0.4 is 0 Å². The first-order valence-electron chi connectivity index (χ1n) is 8.48. The van der Waals surface area contributed by atoms with Gasteiger partial charge >= 0.3 is 0 Å². The molecule has 0 saturated carbocycles. The van der Waals surface area contributed by atoms with E-state index in [4.69, 9.17) is 4.42 Å². The van der Waals surface area contributed by atoms with Crippen molar-refractivity contribution < 1.29 is 17.6 Å². The smallest absolute Gasteiger partial charge is 0.258 e. The van der Waals surface area contributed by atoms with Crippen molar-refractivity contribution in [3.05, 3.63) is 54.0 Å². The van der Waals surface area contributed by atoms with E-state index in [1.807, 2.05) is 25.1 Å². The van der Waals surface area contributed by atoms with Gasteiger partial charge < -0.3 is 9.32 Å². The van der Waals surface area contributed by atoms with Gasteiger partial charge in [0, 0.05) is 30.2 Å². The number of rotatable bonds is 3. The number of sulfone groups is 1. The average Bonchev–Trinajstić information content (AvgIpc) is 3.27. The Morgan fingerprint density at radius 1 is 1.35 bits per heavy atom. The summed E-state index contributed by atoms with van der Waals surface area (Å²) >= 11 is 0. The quantitative estimate of drug-likeness (QED) is 0.703. The maximum Gasteiger partial charge on any atom is 0.258 e. The molecule has 1 amide bonds. The van der Waals surface area contributed by atoms with Crippen LogP contribution in [-0.2, 0) is 16.4 Å². The third kappa shape index (κ3) is 2.90. The van der Waals surface area contributed by atoms with E-state index in [9.17, 15) is 13.2 Å². The van der Waals surface area contributed by atoms with Crippen LogP contribution in [0.4, 0.5) is 0 Å². The molecule has 2 aromatic heterocycles. The zero-order valence-corrected chi connectivity index (χ0v) is 15.1. The van der Waals surface area contributed by atoms with Gasteiger partial charge in [-0.25, -0.2) is 8.42 Å². The summed E-state index contributed by atoms with van der Waals surface area (Å²) in [6.07, 6.45) is 4.89. The molecule has 7 nitrogen and oxygen atoms in total. The number of hydrogen-bond donors (Lipinski definition) is 0. The lowest BCUT2D eigenvalue weighted by Crippen LogP contribution is -2.46. The first-order valence-corrected chi connectivity index (χ1v) is 10.3. The van der Waals surface area contributed by atoms with Gasteiger partial charge in [0.25, 0.3) is 5.91 Å². The largest absolute Gasteiger partial charge is 0.463 e. The van der Waals surface area contributed by atoms with Crippen LogP contribution in [-0.4, -0.2) is 47.1 Å². The Morgan fingerprint density at radius 2 is 2.15 bits per heavy atom. The average molecular weight is 373 g/mol. The molecule has 0 N–H and O–H groups in total. The topological polar surface area (TPSA) is 85.4 Å². The number of furan rings is 1. The number of fused-ring (bicyclic) bond motifs is 1. The van der Waals surface area contributed by atoms with Crippen molar-refractivity contribution in [3.8, 4) is 0 Å². The van der Waals surface area contributed by atoms with Gasteiger partial charge in [0.1, 0.15) is 11.8 Å². The molecule has 0 radical (unpaired) electrons. The molecule has 3 heterocycles. The van der Waals surface area contributed by atoms with E-state index in [0.29, 0.717) is 17.7 Å². The van der Waals surface area contributed by atoms with Crippen LogP contribution in [0.25, 0.3) is 11.0 Å². The number of carbonyl (C=O) groups is 1. The fourth-order valence-corrected chi connectivity index (χ4v) is 4.84. The Kier molecular flexibility index (Phi) is 4.07. The van der Waals surface area contributed by atoms with E-state index in [2.05, 4.69) is 5.10 Å². The van der Waals surface area contributed by atoms with E-state index in [-0.39, 0.29) is 24.0 Å². The summed E-state index contributed by atoms with van der Waals surface area (Å²) < 4.78 is 31.6. The van der Waals surface area contributed by atoms with E-state index in [0.717, 1.165) is 10.9 Å². The summed E-state index contributed by atoms with van der Waals surface area (Å²) in [5.41, 5.74) is 1.82. The molecule has 0 bridgehead atoms. The third-order valence-electron chi connectivity index (χ3n) is 4.77. The van der Waals surface area contributed by atoms with Crippen LogP contribution in [0, 0.1) is 0 Å². The predicted octanol–water partition coefficient (Wildman–Crippen LogP) is 2.26. The molecule has 1 atom stereocenters. The summed E-state index contributed by atoms with van der Waals surface area (Å²) in [5.74, 6) is -0.351. The van der Waals surface area contributed by atoms with Gasteiger partial charge in [-0.2, -0.15) is 5.10 Å². The Bertz CT molecular complexity index is 1070. The van der Waals surface area contributed by atoms with Gasteiger partial charge in [0.15, 0.2) is 9.84 Å². The van der Waals surface area contributed by atoms with Gasteiger partial charge in [-0.05, 0) is 13.0 Å². The van der Waals surface area contributed by atoms with Gasteiger partial charge in [-0.3, -0.25) is 9.48 Å². The minimum Gasteiger partial charge on any atom is -0.463 e. The molecule has 1 aliphatic rings. The minimum absolute atomic E-state index is 0.0348. The predicted molar refractivity (Wildman–Crippen MR) is 96.5 cm³/mol. The minimum atomic E-state index is -3.21. The van der Waals surface area contributed by atoms with Crippen molar-refractivity contribution in [2.45, 2.75) is 19.5 Å². The lowest BCUT2D eigenvalue weighted by molar-refractivity contribution is 0.0698. The van der Waals surface area contributed by atoms with E-state index < -0.39 is 15.9 Å². The van der Waals surface area contributed by atoms with Crippen molar-refractivity contribution in [2.24, 2.45) is 0 Å². The Hall–Kier alpha value is -2.61. The zero-order chi connectivity index (χ0) is 18.3. The normalized spacial score (nSPS) is 19.7. The highest BCUT2D eigenvalue weighted by atomic mass is 32.2. The molecule has 0 aliphatic carbocycles. The summed E-state index contributed by atoms with van der Waals surface area (Å²) in [5, 5.41) is 4.96. The lowest BCUT2D eigenvalue weighted by Gasteiger charge is -2.34. The molecule has 136 valence electrons. The van der Waals surface area contributed by atoms with Crippen LogP contribution in [0.1, 0.15) is 28.9 Å². The van der Waals surface area contributed by atoms with E-state index in [1.54, 1.807) is 28.0 Å². The summed E-state index contributed by atoms with van der Waals surface area (Å²) in [4.78, 5) is 14.8. The molecule has 4 rings (SSSR count). The first kappa shape index (κ1) is 16.8. The maximum absolute atomic E-state index is 13.2. The number of carbonyl (C=O) groups excluding carboxylic acids is 1. The van der Waals surface area contributed by atoms with Crippen molar-refractivity contribution >= 4 is 26.7 Å². The zero-order valence-electron chi connectivity index (χ0n) is 14.3. The Labute approximate surface area is 151 Å². The number of aromatic nitrogens is 2. The van der Waals surface area contributed by atoms with E-state index in [1.165, 1.54) is 6.26 Å². The Balaban J connectivity index is 1.73. The summed E-state index contributed by atoms with van der Waals surface area (Å²) in [7, 11) is -3.21. The number of benzene rings is 1. The molecule has 1 fully saturated rings. The fraction of sp³-hybridized carbons (Fsp3) is 0.333. The molecular weight excluding hydrogens is 354 g/mol. The van der Waals surface area contributed by atoms with Crippen molar-refractivity contribution in [1.82, 2.24) is 14.7 Å². The standard InChI is InChI=1S/C18H19N3O4S/c1-2-20-10-13(9-19-20)16-12-26(23,24)8-7-21(16)18(22)15-11-25-17-6-4-3-5-14(15)17/h3-6,9-11,16H,2,7-8,12H2,1H3/t16-/m1/s1. The van der Waals surface area contributed by atoms with Gasteiger partial charge in [0.2, 0.25) is 0 Å². The molecule has 8 heteroatoms. The summed E-state index contributed by atoms with van der Waals surface area (Å²) in [6.45, 7) is 2.79. The first-order chi connectivity index (χ1) is 12.5. The second-order valence-electron chi connectivity index (χ2n) is 6.40. The molecule has 1 aromatic carbocycles. The van der Waals surface area contributed by atoms with Crippen LogP contribution >= 0.6 is 0 Å². The van der Waals surface area contributed by atoms with Crippen molar-refractivity contribution in [1.29, 1.82) is 0 Å². The monoisotopic (exact) mass is 373 g/mol. The van der Waals surface area contributed by atoms with Crippen LogP contribution in [0.5, 0.6) is 0 Å². The molecular formula is C18H19N3O4S. The highest BCUT2D eigenvalue weighted by Crippen LogP contribution is 2.30. The van der Waals surface area contributed by atoms with Gasteiger partial charge in [0.05, 0.1) is 29.3 Å². The number of para-hydroxylation sites is 1. The third-order valence-corrected chi connectivity index (χ3v) is 6.39. The van der Waals surface area contributed by atoms with Crippen LogP contribution in [0.15, 0.2) is 47.3 Å².